The van der Waals surface area contributed by atoms with Crippen LogP contribution in [0.1, 0.15) is 13.8 Å². The van der Waals surface area contributed by atoms with Gasteiger partial charge in [0.25, 0.3) is 0 Å². The van der Waals surface area contributed by atoms with E-state index < -0.39 is 5.76 Å². The maximum atomic E-state index is 11.8. The van der Waals surface area contributed by atoms with E-state index in [0.29, 0.717) is 36.0 Å². The lowest BCUT2D eigenvalue weighted by molar-refractivity contribution is 0.0719. The standard InChI is InChI=1S/C15H20N2O5/c1-10(2)21-8-7-17-14(16-22-15(17)18)11-5-6-12(19-3)13(9-11)20-4/h5-6,9-10H,7-8H2,1-4H3. The van der Waals surface area contributed by atoms with Gasteiger partial charge in [0, 0.05) is 5.56 Å². The summed E-state index contributed by atoms with van der Waals surface area (Å²) in [5, 5.41) is 3.84. The lowest BCUT2D eigenvalue weighted by Gasteiger charge is -2.10. The lowest BCUT2D eigenvalue weighted by atomic mass is 10.2. The van der Waals surface area contributed by atoms with Crippen LogP contribution in [0.15, 0.2) is 27.5 Å². The van der Waals surface area contributed by atoms with E-state index in [1.165, 1.54) is 4.57 Å². The Morgan fingerprint density at radius 3 is 2.59 bits per heavy atom. The van der Waals surface area contributed by atoms with Gasteiger partial charge in [-0.05, 0) is 32.0 Å². The third-order valence-electron chi connectivity index (χ3n) is 3.09. The minimum atomic E-state index is -0.517. The number of hydrogen-bond acceptors (Lipinski definition) is 6. The topological polar surface area (TPSA) is 75.7 Å². The van der Waals surface area contributed by atoms with Crippen LogP contribution in [0.4, 0.5) is 0 Å². The molecule has 0 saturated heterocycles. The zero-order valence-corrected chi connectivity index (χ0v) is 13.2. The molecule has 0 amide bonds. The molecule has 1 heterocycles. The number of nitrogens with zero attached hydrogens (tertiary/aromatic N) is 2. The molecule has 0 N–H and O–H groups in total. The van der Waals surface area contributed by atoms with Gasteiger partial charge in [-0.1, -0.05) is 5.16 Å². The maximum Gasteiger partial charge on any atom is 0.441 e. The lowest BCUT2D eigenvalue weighted by Crippen LogP contribution is -2.20. The zero-order chi connectivity index (χ0) is 16.1. The molecule has 7 heteroatoms. The van der Waals surface area contributed by atoms with Crippen molar-refractivity contribution in [3.8, 4) is 22.9 Å². The van der Waals surface area contributed by atoms with Gasteiger partial charge >= 0.3 is 5.76 Å². The van der Waals surface area contributed by atoms with Crippen molar-refractivity contribution in [2.24, 2.45) is 0 Å². The average Bonchev–Trinajstić information content (AvgIpc) is 2.87. The molecule has 0 aliphatic rings. The molecular formula is C15H20N2O5. The molecule has 2 rings (SSSR count). The number of rotatable bonds is 7. The van der Waals surface area contributed by atoms with Gasteiger partial charge < -0.3 is 14.2 Å². The molecule has 0 saturated carbocycles. The first kappa shape index (κ1) is 16.1. The van der Waals surface area contributed by atoms with Crippen molar-refractivity contribution >= 4 is 0 Å². The van der Waals surface area contributed by atoms with E-state index in [1.54, 1.807) is 32.4 Å². The summed E-state index contributed by atoms with van der Waals surface area (Å²) in [7, 11) is 3.11. The first-order valence-electron chi connectivity index (χ1n) is 6.97. The molecule has 0 bridgehead atoms. The summed E-state index contributed by atoms with van der Waals surface area (Å²) in [6, 6.07) is 5.29. The van der Waals surface area contributed by atoms with Crippen LogP contribution in [0, 0.1) is 0 Å². The van der Waals surface area contributed by atoms with Crippen LogP contribution in [0.25, 0.3) is 11.4 Å². The van der Waals surface area contributed by atoms with Gasteiger partial charge in [0.05, 0.1) is 33.5 Å². The summed E-state index contributed by atoms with van der Waals surface area (Å²) in [6.07, 6.45) is 0.0973. The Balaban J connectivity index is 2.31. The zero-order valence-electron chi connectivity index (χ0n) is 13.2. The molecule has 2 aromatic rings. The molecule has 0 radical (unpaired) electrons. The van der Waals surface area contributed by atoms with Crippen LogP contribution in [0.3, 0.4) is 0 Å². The smallest absolute Gasteiger partial charge is 0.441 e. The summed E-state index contributed by atoms with van der Waals surface area (Å²) in [6.45, 7) is 4.64. The Morgan fingerprint density at radius 1 is 1.23 bits per heavy atom. The molecule has 1 aromatic heterocycles. The van der Waals surface area contributed by atoms with Crippen molar-refractivity contribution in [3.05, 3.63) is 28.7 Å². The molecule has 0 aliphatic heterocycles. The van der Waals surface area contributed by atoms with E-state index in [-0.39, 0.29) is 6.10 Å². The largest absolute Gasteiger partial charge is 0.493 e. The number of benzene rings is 1. The molecule has 7 nitrogen and oxygen atoms in total. The quantitative estimate of drug-likeness (QED) is 0.778. The molecule has 0 unspecified atom stereocenters. The summed E-state index contributed by atoms with van der Waals surface area (Å²) in [5.74, 6) is 1.07. The van der Waals surface area contributed by atoms with Crippen LogP contribution in [0.5, 0.6) is 11.5 Å². The SMILES string of the molecule is COc1ccc(-c2noc(=O)n2CCOC(C)C)cc1OC. The van der Waals surface area contributed by atoms with Crippen LogP contribution in [0.2, 0.25) is 0 Å². The Bertz CT molecular complexity index is 675. The Kier molecular flexibility index (Phi) is 5.21. The number of ether oxygens (including phenoxy) is 3. The van der Waals surface area contributed by atoms with Crippen molar-refractivity contribution in [1.82, 2.24) is 9.72 Å². The molecule has 0 aliphatic carbocycles. The highest BCUT2D eigenvalue weighted by atomic mass is 16.5. The van der Waals surface area contributed by atoms with Gasteiger partial charge in [-0.3, -0.25) is 9.09 Å². The summed E-state index contributed by atoms with van der Waals surface area (Å²) in [5.41, 5.74) is 0.702. The Labute approximate surface area is 128 Å². The van der Waals surface area contributed by atoms with Crippen LogP contribution >= 0.6 is 0 Å². The normalized spacial score (nSPS) is 11.0. The van der Waals surface area contributed by atoms with E-state index in [9.17, 15) is 4.79 Å². The van der Waals surface area contributed by atoms with Gasteiger partial charge in [0.1, 0.15) is 0 Å². The minimum absolute atomic E-state index is 0.0973. The predicted octanol–water partition coefficient (Wildman–Crippen LogP) is 1.95. The number of aromatic nitrogens is 2. The van der Waals surface area contributed by atoms with Crippen molar-refractivity contribution in [3.63, 3.8) is 0 Å². The van der Waals surface area contributed by atoms with Crippen molar-refractivity contribution in [2.75, 3.05) is 20.8 Å². The van der Waals surface area contributed by atoms with Crippen molar-refractivity contribution in [2.45, 2.75) is 26.5 Å². The summed E-state index contributed by atoms with van der Waals surface area (Å²) in [4.78, 5) is 11.8. The van der Waals surface area contributed by atoms with Gasteiger partial charge in [-0.2, -0.15) is 0 Å². The van der Waals surface area contributed by atoms with Crippen LogP contribution in [-0.4, -0.2) is 36.7 Å². The second-order valence-electron chi connectivity index (χ2n) is 4.91. The summed E-state index contributed by atoms with van der Waals surface area (Å²) < 4.78 is 22.1. The van der Waals surface area contributed by atoms with Crippen molar-refractivity contribution in [1.29, 1.82) is 0 Å². The average molecular weight is 308 g/mol. The highest BCUT2D eigenvalue weighted by molar-refractivity contribution is 5.61. The molecule has 0 spiro atoms. The molecule has 0 fully saturated rings. The van der Waals surface area contributed by atoms with Gasteiger partial charge in [-0.15, -0.1) is 0 Å². The fourth-order valence-corrected chi connectivity index (χ4v) is 2.03. The van der Waals surface area contributed by atoms with Crippen LogP contribution < -0.4 is 15.2 Å². The maximum absolute atomic E-state index is 11.8. The highest BCUT2D eigenvalue weighted by Gasteiger charge is 2.15. The predicted molar refractivity (Wildman–Crippen MR) is 80.4 cm³/mol. The van der Waals surface area contributed by atoms with Gasteiger partial charge in [0.15, 0.2) is 17.3 Å². The van der Waals surface area contributed by atoms with Crippen molar-refractivity contribution < 1.29 is 18.7 Å². The van der Waals surface area contributed by atoms with E-state index in [4.69, 9.17) is 18.7 Å². The molecule has 1 aromatic carbocycles. The fraction of sp³-hybridized carbons (Fsp3) is 0.467. The van der Waals surface area contributed by atoms with E-state index in [1.807, 2.05) is 13.8 Å². The van der Waals surface area contributed by atoms with E-state index in [2.05, 4.69) is 5.16 Å². The Morgan fingerprint density at radius 2 is 1.95 bits per heavy atom. The first-order valence-corrected chi connectivity index (χ1v) is 6.97. The molecule has 120 valence electrons. The summed E-state index contributed by atoms with van der Waals surface area (Å²) >= 11 is 0. The first-order chi connectivity index (χ1) is 10.6. The highest BCUT2D eigenvalue weighted by Crippen LogP contribution is 2.31. The third kappa shape index (κ3) is 3.48. The molecule has 0 atom stereocenters. The van der Waals surface area contributed by atoms with Gasteiger partial charge in [0.2, 0.25) is 0 Å². The monoisotopic (exact) mass is 308 g/mol. The fourth-order valence-electron chi connectivity index (χ4n) is 2.03. The van der Waals surface area contributed by atoms with E-state index >= 15 is 0 Å². The van der Waals surface area contributed by atoms with Crippen LogP contribution in [-0.2, 0) is 11.3 Å². The Hall–Kier alpha value is -2.28. The van der Waals surface area contributed by atoms with E-state index in [0.717, 1.165) is 0 Å². The second-order valence-corrected chi connectivity index (χ2v) is 4.91. The minimum Gasteiger partial charge on any atom is -0.493 e. The second kappa shape index (κ2) is 7.13. The molecule has 22 heavy (non-hydrogen) atoms. The third-order valence-corrected chi connectivity index (χ3v) is 3.09. The number of hydrogen-bond donors (Lipinski definition) is 0. The number of methoxy groups -OCH3 is 2. The van der Waals surface area contributed by atoms with Gasteiger partial charge in [-0.25, -0.2) is 4.79 Å². The molecular weight excluding hydrogens is 288 g/mol.